The van der Waals surface area contributed by atoms with Gasteiger partial charge in [0.1, 0.15) is 0 Å². The Morgan fingerprint density at radius 2 is 1.92 bits per heavy atom. The van der Waals surface area contributed by atoms with Crippen LogP contribution in [0.2, 0.25) is 0 Å². The van der Waals surface area contributed by atoms with E-state index in [1.54, 1.807) is 4.90 Å². The van der Waals surface area contributed by atoms with Gasteiger partial charge < -0.3 is 14.9 Å². The molecule has 2 aliphatic heterocycles. The Labute approximate surface area is 223 Å². The summed E-state index contributed by atoms with van der Waals surface area (Å²) in [6.07, 6.45) is 11.7. The van der Waals surface area contributed by atoms with Gasteiger partial charge in [-0.05, 0) is 58.6 Å². The van der Waals surface area contributed by atoms with Crippen LogP contribution in [0.5, 0.6) is 0 Å². The van der Waals surface area contributed by atoms with Crippen molar-refractivity contribution in [1.82, 2.24) is 4.90 Å². The van der Waals surface area contributed by atoms with Crippen LogP contribution in [0, 0.1) is 17.8 Å². The molecule has 6 aliphatic rings. The number of rotatable bonds is 6. The molecule has 198 valence electrons. The second-order valence-corrected chi connectivity index (χ2v) is 11.7. The summed E-state index contributed by atoms with van der Waals surface area (Å²) in [4.78, 5) is 29.2. The standard InChI is InChI=1S/C32H35NO5/c1-3-5-6-16(4-2)15-33-29(34)21-11-7-17-19-9-13-23-28-24(32(37)38-31(23)36)14-10-20(26(19)28)18-8-12-22(30(33)35)27(21)25(17)18/h7,9-12,14,16,18,21,23,27,31-32,36-37H,3-6,8,13,15H2,1-2H3. The van der Waals surface area contributed by atoms with E-state index in [1.165, 1.54) is 5.57 Å². The Morgan fingerprint density at radius 1 is 1.11 bits per heavy atom. The van der Waals surface area contributed by atoms with Crippen LogP contribution in [-0.2, 0) is 14.3 Å². The number of benzene rings is 1. The lowest BCUT2D eigenvalue weighted by Crippen LogP contribution is -2.54. The molecule has 1 saturated heterocycles. The van der Waals surface area contributed by atoms with E-state index in [-0.39, 0.29) is 35.5 Å². The van der Waals surface area contributed by atoms with Crippen molar-refractivity contribution in [3.8, 4) is 0 Å². The summed E-state index contributed by atoms with van der Waals surface area (Å²) in [6.45, 7) is 4.83. The van der Waals surface area contributed by atoms with Gasteiger partial charge in [-0.3, -0.25) is 14.5 Å². The Kier molecular flexibility index (Phi) is 5.66. The van der Waals surface area contributed by atoms with Crippen LogP contribution >= 0.6 is 0 Å². The number of amides is 2. The number of hydrogen-bond donors (Lipinski definition) is 2. The zero-order chi connectivity index (χ0) is 26.3. The van der Waals surface area contributed by atoms with Gasteiger partial charge in [0.2, 0.25) is 5.91 Å². The van der Waals surface area contributed by atoms with Crippen LogP contribution < -0.4 is 0 Å². The minimum absolute atomic E-state index is 0.0622. The molecule has 0 spiro atoms. The highest BCUT2D eigenvalue weighted by atomic mass is 16.7. The lowest BCUT2D eigenvalue weighted by Gasteiger charge is -2.49. The number of fused-ring (bicyclic) bond motifs is 2. The lowest BCUT2D eigenvalue weighted by atomic mass is 9.57. The fourth-order valence-corrected chi connectivity index (χ4v) is 7.93. The molecule has 0 radical (unpaired) electrons. The van der Waals surface area contributed by atoms with Crippen molar-refractivity contribution in [2.24, 2.45) is 17.8 Å². The predicted molar refractivity (Wildman–Crippen MR) is 142 cm³/mol. The largest absolute Gasteiger partial charge is 0.367 e. The topological polar surface area (TPSA) is 87.1 Å². The number of carbonyl (C=O) groups excluding carboxylic acids is 2. The molecule has 7 atom stereocenters. The lowest BCUT2D eigenvalue weighted by molar-refractivity contribution is -0.230. The molecule has 4 aliphatic carbocycles. The van der Waals surface area contributed by atoms with Gasteiger partial charge in [-0.15, -0.1) is 0 Å². The molecule has 7 rings (SSSR count). The van der Waals surface area contributed by atoms with Crippen LogP contribution in [0.15, 0.2) is 53.2 Å². The molecule has 0 aromatic heterocycles. The first-order valence-electron chi connectivity index (χ1n) is 14.3. The molecule has 1 fully saturated rings. The van der Waals surface area contributed by atoms with Crippen molar-refractivity contribution < 1.29 is 24.5 Å². The highest BCUT2D eigenvalue weighted by Crippen LogP contribution is 2.60. The first-order chi connectivity index (χ1) is 18.4. The minimum Gasteiger partial charge on any atom is -0.367 e. The predicted octanol–water partition coefficient (Wildman–Crippen LogP) is 5.01. The molecule has 6 nitrogen and oxygen atoms in total. The normalized spacial score (nSPS) is 33.0. The van der Waals surface area contributed by atoms with Crippen LogP contribution in [0.1, 0.15) is 92.8 Å². The van der Waals surface area contributed by atoms with Gasteiger partial charge in [0, 0.05) is 35.4 Å². The van der Waals surface area contributed by atoms with Crippen LogP contribution in [-0.4, -0.2) is 39.8 Å². The van der Waals surface area contributed by atoms with E-state index in [2.05, 4.69) is 38.1 Å². The monoisotopic (exact) mass is 513 g/mol. The Balaban J connectivity index is 1.31. The van der Waals surface area contributed by atoms with E-state index in [0.29, 0.717) is 25.3 Å². The number of nitrogens with zero attached hydrogens (tertiary/aromatic N) is 1. The summed E-state index contributed by atoms with van der Waals surface area (Å²) in [6, 6.07) is 4.01. The van der Waals surface area contributed by atoms with Gasteiger partial charge in [0.25, 0.3) is 5.91 Å². The van der Waals surface area contributed by atoms with Gasteiger partial charge in [-0.2, -0.15) is 0 Å². The number of likely N-dealkylation sites (tertiary alicyclic amines) is 1. The van der Waals surface area contributed by atoms with Gasteiger partial charge in [-0.25, -0.2) is 0 Å². The third kappa shape index (κ3) is 3.23. The fraction of sp³-hybridized carbons (Fsp3) is 0.500. The molecule has 7 unspecified atom stereocenters. The number of unbranched alkanes of at least 4 members (excludes halogenated alkanes) is 1. The number of imide groups is 1. The van der Waals surface area contributed by atoms with Gasteiger partial charge in [0.05, 0.1) is 5.92 Å². The number of aliphatic hydroxyl groups is 2. The van der Waals surface area contributed by atoms with E-state index in [9.17, 15) is 19.8 Å². The number of aliphatic hydroxyl groups excluding tert-OH is 2. The number of carbonyl (C=O) groups is 2. The zero-order valence-electron chi connectivity index (χ0n) is 22.0. The molecule has 1 aromatic rings. The highest BCUT2D eigenvalue weighted by molar-refractivity contribution is 6.11. The summed E-state index contributed by atoms with van der Waals surface area (Å²) in [5.74, 6) is -0.548. The summed E-state index contributed by atoms with van der Waals surface area (Å²) in [7, 11) is 0. The quantitative estimate of drug-likeness (QED) is 0.523. The smallest absolute Gasteiger partial charge is 0.256 e. The van der Waals surface area contributed by atoms with E-state index < -0.39 is 12.6 Å². The maximum Gasteiger partial charge on any atom is 0.256 e. The van der Waals surface area contributed by atoms with Crippen molar-refractivity contribution in [2.45, 2.75) is 76.8 Å². The van der Waals surface area contributed by atoms with Crippen LogP contribution in [0.25, 0.3) is 5.57 Å². The number of hydrogen-bond acceptors (Lipinski definition) is 5. The molecule has 2 amide bonds. The maximum absolute atomic E-state index is 13.8. The maximum atomic E-state index is 13.8. The number of ether oxygens (including phenoxy) is 1. The van der Waals surface area contributed by atoms with Crippen LogP contribution in [0.4, 0.5) is 0 Å². The second kappa shape index (κ2) is 8.87. The molecule has 2 N–H and O–H groups in total. The molecular weight excluding hydrogens is 478 g/mol. The van der Waals surface area contributed by atoms with Gasteiger partial charge >= 0.3 is 0 Å². The zero-order valence-corrected chi connectivity index (χ0v) is 22.0. The SMILES string of the molecule is CCCCC(CC)CN1C(=O)C2=CCC3C4=C(C=CC(C1=O)C24)C1=CCC2c4c(ccc3c41)C(O)OC2O. The van der Waals surface area contributed by atoms with Crippen molar-refractivity contribution in [2.75, 3.05) is 6.54 Å². The summed E-state index contributed by atoms with van der Waals surface area (Å²) < 4.78 is 5.43. The summed E-state index contributed by atoms with van der Waals surface area (Å²) in [5.41, 5.74) is 8.17. The Hall–Kier alpha value is -2.80. The number of piperidine rings is 1. The van der Waals surface area contributed by atoms with E-state index >= 15 is 0 Å². The molecule has 0 saturated carbocycles. The first kappa shape index (κ1) is 24.3. The van der Waals surface area contributed by atoms with E-state index in [1.807, 2.05) is 12.1 Å². The van der Waals surface area contributed by atoms with Crippen molar-refractivity contribution in [3.63, 3.8) is 0 Å². The molecule has 38 heavy (non-hydrogen) atoms. The van der Waals surface area contributed by atoms with Gasteiger partial charge in [-0.1, -0.05) is 69.5 Å². The molecular formula is C32H35NO5. The molecule has 0 bridgehead atoms. The van der Waals surface area contributed by atoms with Crippen molar-refractivity contribution in [3.05, 3.63) is 75.4 Å². The number of allylic oxidation sites excluding steroid dienone is 6. The fourth-order valence-electron chi connectivity index (χ4n) is 7.93. The summed E-state index contributed by atoms with van der Waals surface area (Å²) in [5, 5.41) is 21.2. The Morgan fingerprint density at radius 3 is 2.71 bits per heavy atom. The van der Waals surface area contributed by atoms with Crippen LogP contribution in [0.3, 0.4) is 0 Å². The van der Waals surface area contributed by atoms with E-state index in [0.717, 1.165) is 64.7 Å². The molecule has 6 heteroatoms. The summed E-state index contributed by atoms with van der Waals surface area (Å²) >= 11 is 0. The minimum atomic E-state index is -1.15. The third-order valence-corrected chi connectivity index (χ3v) is 9.86. The molecule has 1 aromatic carbocycles. The second-order valence-electron chi connectivity index (χ2n) is 11.7. The van der Waals surface area contributed by atoms with Crippen molar-refractivity contribution >= 4 is 17.4 Å². The van der Waals surface area contributed by atoms with E-state index in [4.69, 9.17) is 4.74 Å². The highest BCUT2D eigenvalue weighted by Gasteiger charge is 2.53. The molecule has 2 heterocycles. The average Bonchev–Trinajstić information content (AvgIpc) is 2.93. The average molecular weight is 514 g/mol. The first-order valence-corrected chi connectivity index (χ1v) is 14.3. The third-order valence-electron chi connectivity index (χ3n) is 9.86. The van der Waals surface area contributed by atoms with Crippen molar-refractivity contribution in [1.29, 1.82) is 0 Å². The Bertz CT molecular complexity index is 1370. The van der Waals surface area contributed by atoms with Gasteiger partial charge in [0.15, 0.2) is 12.6 Å².